The average Bonchev–Trinajstić information content (AvgIpc) is 3.21. The molecule has 0 fully saturated rings. The summed E-state index contributed by atoms with van der Waals surface area (Å²) in [4.78, 5) is 4.59. The topological polar surface area (TPSA) is 52.0 Å². The third kappa shape index (κ3) is 2.94. The molecular weight excluding hydrogens is 376 g/mol. The lowest BCUT2D eigenvalue weighted by Gasteiger charge is -2.15. The van der Waals surface area contributed by atoms with Gasteiger partial charge in [0.15, 0.2) is 0 Å². The Labute approximate surface area is 155 Å². The van der Waals surface area contributed by atoms with Gasteiger partial charge in [-0.25, -0.2) is 17.4 Å². The Kier molecular flexibility index (Phi) is 4.06. The number of aryl methyl sites for hydroxylation is 2. The van der Waals surface area contributed by atoms with Crippen molar-refractivity contribution < 1.29 is 8.42 Å². The van der Waals surface area contributed by atoms with Gasteiger partial charge < -0.3 is 0 Å². The lowest BCUT2D eigenvalue weighted by molar-refractivity contribution is 0.587. The molecule has 4 nitrogen and oxygen atoms in total. The zero-order chi connectivity index (χ0) is 17.6. The van der Waals surface area contributed by atoms with Crippen molar-refractivity contribution in [2.24, 2.45) is 0 Å². The van der Waals surface area contributed by atoms with E-state index in [9.17, 15) is 8.42 Å². The smallest absolute Gasteiger partial charge is 0.241 e. The number of hydrogen-bond donors (Lipinski definition) is 0. The molecule has 2 heterocycles. The van der Waals surface area contributed by atoms with Crippen molar-refractivity contribution in [3.63, 3.8) is 0 Å². The second-order valence-corrected chi connectivity index (χ2v) is 9.05. The Morgan fingerprint density at radius 1 is 1.16 bits per heavy atom. The minimum absolute atomic E-state index is 0.286. The molecule has 0 atom stereocenters. The highest BCUT2D eigenvalue weighted by Crippen LogP contribution is 2.34. The predicted molar refractivity (Wildman–Crippen MR) is 102 cm³/mol. The maximum atomic E-state index is 13.0. The summed E-state index contributed by atoms with van der Waals surface area (Å²) in [5.74, 6) is 0. The van der Waals surface area contributed by atoms with Gasteiger partial charge in [0.1, 0.15) is 10.2 Å². The van der Waals surface area contributed by atoms with E-state index >= 15 is 0 Å². The fourth-order valence-corrected chi connectivity index (χ4v) is 5.29. The Hall–Kier alpha value is -1.89. The second-order valence-electron chi connectivity index (χ2n) is 5.99. The number of hydrogen-bond acceptors (Lipinski definition) is 4. The first-order valence-electron chi connectivity index (χ1n) is 7.79. The SMILES string of the molecule is Cc1ccc(S(=O)(=O)n2ccc3c2C=C(c2nc(Cl)cs2)CC3)cc1. The van der Waals surface area contributed by atoms with E-state index in [1.165, 1.54) is 15.3 Å². The van der Waals surface area contributed by atoms with Crippen molar-refractivity contribution in [1.82, 2.24) is 8.96 Å². The number of rotatable bonds is 3. The van der Waals surface area contributed by atoms with Crippen molar-refractivity contribution in [2.75, 3.05) is 0 Å². The minimum Gasteiger partial charge on any atom is -0.241 e. The summed E-state index contributed by atoms with van der Waals surface area (Å²) in [7, 11) is -3.63. The van der Waals surface area contributed by atoms with Crippen LogP contribution in [0.1, 0.15) is 28.2 Å². The molecule has 0 bridgehead atoms. The highest BCUT2D eigenvalue weighted by atomic mass is 35.5. The maximum absolute atomic E-state index is 13.0. The molecule has 25 heavy (non-hydrogen) atoms. The van der Waals surface area contributed by atoms with Crippen molar-refractivity contribution >= 4 is 44.6 Å². The second kappa shape index (κ2) is 6.12. The zero-order valence-electron chi connectivity index (χ0n) is 13.4. The molecule has 0 unspecified atom stereocenters. The van der Waals surface area contributed by atoms with Crippen LogP contribution < -0.4 is 0 Å². The van der Waals surface area contributed by atoms with Crippen LogP contribution >= 0.6 is 22.9 Å². The largest absolute Gasteiger partial charge is 0.268 e. The van der Waals surface area contributed by atoms with Crippen LogP contribution in [-0.2, 0) is 16.4 Å². The standard InChI is InChI=1S/C18H15ClN2O2S2/c1-12-2-6-15(7-3-12)25(22,23)21-9-8-13-4-5-14(10-16(13)21)18-20-17(19)11-24-18/h2-3,6-11H,4-5H2,1H3. The van der Waals surface area contributed by atoms with Gasteiger partial charge in [0.05, 0.1) is 10.6 Å². The van der Waals surface area contributed by atoms with Gasteiger partial charge in [-0.15, -0.1) is 11.3 Å². The molecule has 1 aliphatic rings. The number of fused-ring (bicyclic) bond motifs is 1. The molecule has 0 spiro atoms. The third-order valence-corrected chi connectivity index (χ3v) is 7.23. The van der Waals surface area contributed by atoms with E-state index in [1.807, 2.05) is 31.2 Å². The molecule has 1 aromatic carbocycles. The number of aromatic nitrogens is 2. The van der Waals surface area contributed by atoms with E-state index in [2.05, 4.69) is 4.98 Å². The number of benzene rings is 1. The summed E-state index contributed by atoms with van der Waals surface area (Å²) >= 11 is 7.40. The maximum Gasteiger partial charge on any atom is 0.268 e. The molecule has 7 heteroatoms. The quantitative estimate of drug-likeness (QED) is 0.655. The van der Waals surface area contributed by atoms with Crippen molar-refractivity contribution in [3.05, 3.63) is 68.9 Å². The highest BCUT2D eigenvalue weighted by Gasteiger charge is 2.24. The molecular formula is C18H15ClN2O2S2. The summed E-state index contributed by atoms with van der Waals surface area (Å²) in [5, 5.41) is 3.10. The first-order valence-corrected chi connectivity index (χ1v) is 10.5. The van der Waals surface area contributed by atoms with E-state index in [0.717, 1.165) is 34.5 Å². The van der Waals surface area contributed by atoms with Crippen LogP contribution in [0.25, 0.3) is 11.6 Å². The molecule has 1 aliphatic carbocycles. The highest BCUT2D eigenvalue weighted by molar-refractivity contribution is 7.90. The fourth-order valence-electron chi connectivity index (χ4n) is 2.94. The van der Waals surface area contributed by atoms with E-state index in [-0.39, 0.29) is 4.90 Å². The summed E-state index contributed by atoms with van der Waals surface area (Å²) < 4.78 is 27.4. The van der Waals surface area contributed by atoms with Crippen molar-refractivity contribution in [2.45, 2.75) is 24.7 Å². The van der Waals surface area contributed by atoms with Crippen LogP contribution in [-0.4, -0.2) is 17.4 Å². The van der Waals surface area contributed by atoms with Crippen LogP contribution in [0.2, 0.25) is 5.15 Å². The van der Waals surface area contributed by atoms with Crippen LogP contribution in [0.5, 0.6) is 0 Å². The van der Waals surface area contributed by atoms with Gasteiger partial charge in [0.25, 0.3) is 10.0 Å². The van der Waals surface area contributed by atoms with Crippen LogP contribution in [0, 0.1) is 6.92 Å². The molecule has 0 saturated carbocycles. The molecule has 0 amide bonds. The number of halogens is 1. The molecule has 4 rings (SSSR count). The average molecular weight is 391 g/mol. The lowest BCUT2D eigenvalue weighted by Crippen LogP contribution is -2.15. The molecule has 2 aromatic heterocycles. The van der Waals surface area contributed by atoms with E-state index in [4.69, 9.17) is 11.6 Å². The van der Waals surface area contributed by atoms with Gasteiger partial charge in [-0.2, -0.15) is 0 Å². The van der Waals surface area contributed by atoms with Crippen LogP contribution in [0.4, 0.5) is 0 Å². The van der Waals surface area contributed by atoms with Gasteiger partial charge in [0.2, 0.25) is 0 Å². The predicted octanol–water partition coefficient (Wildman–Crippen LogP) is 4.63. The number of thiazole rings is 1. The fraction of sp³-hybridized carbons (Fsp3) is 0.167. The molecule has 3 aromatic rings. The Morgan fingerprint density at radius 2 is 1.92 bits per heavy atom. The molecule has 0 N–H and O–H groups in total. The number of allylic oxidation sites excluding steroid dienone is 1. The molecule has 0 aliphatic heterocycles. The lowest BCUT2D eigenvalue weighted by atomic mass is 9.98. The molecule has 128 valence electrons. The monoisotopic (exact) mass is 390 g/mol. The molecule has 0 radical (unpaired) electrons. The van der Waals surface area contributed by atoms with Crippen LogP contribution in [0.3, 0.4) is 0 Å². The molecule has 0 saturated heterocycles. The van der Waals surface area contributed by atoms with E-state index in [1.54, 1.807) is 23.7 Å². The van der Waals surface area contributed by atoms with Gasteiger partial charge in [-0.1, -0.05) is 29.3 Å². The van der Waals surface area contributed by atoms with Crippen LogP contribution in [0.15, 0.2) is 46.8 Å². The van der Waals surface area contributed by atoms with Gasteiger partial charge >= 0.3 is 0 Å². The minimum atomic E-state index is -3.63. The first-order chi connectivity index (χ1) is 11.9. The van der Waals surface area contributed by atoms with Gasteiger partial charge in [-0.3, -0.25) is 0 Å². The zero-order valence-corrected chi connectivity index (χ0v) is 15.8. The van der Waals surface area contributed by atoms with E-state index < -0.39 is 10.0 Å². The normalized spacial score (nSPS) is 14.2. The summed E-state index contributed by atoms with van der Waals surface area (Å²) in [5.41, 5.74) is 3.77. The number of nitrogens with zero attached hydrogens (tertiary/aromatic N) is 2. The summed E-state index contributed by atoms with van der Waals surface area (Å²) in [6.07, 6.45) is 5.16. The van der Waals surface area contributed by atoms with E-state index in [0.29, 0.717) is 10.8 Å². The van der Waals surface area contributed by atoms with Crippen molar-refractivity contribution in [3.8, 4) is 0 Å². The van der Waals surface area contributed by atoms with Gasteiger partial charge in [-0.05, 0) is 55.2 Å². The Bertz CT molecular complexity index is 1080. The van der Waals surface area contributed by atoms with Crippen molar-refractivity contribution in [1.29, 1.82) is 0 Å². The third-order valence-electron chi connectivity index (χ3n) is 4.28. The Balaban J connectivity index is 1.81. The Morgan fingerprint density at radius 3 is 2.60 bits per heavy atom. The summed E-state index contributed by atoms with van der Waals surface area (Å²) in [6.45, 7) is 1.93. The first kappa shape index (κ1) is 16.6. The summed E-state index contributed by atoms with van der Waals surface area (Å²) in [6, 6.07) is 8.78. The van der Waals surface area contributed by atoms with Gasteiger partial charge in [0, 0.05) is 11.6 Å².